The molecule has 0 aliphatic heterocycles. The quantitative estimate of drug-likeness (QED) is 0.602. The molecule has 0 aliphatic rings. The molecule has 3 heteroatoms. The third-order valence-corrected chi connectivity index (χ3v) is 3.86. The first-order chi connectivity index (χ1) is 8.01. The van der Waals surface area contributed by atoms with E-state index in [0.29, 0.717) is 17.2 Å². The fourth-order valence-electron chi connectivity index (χ4n) is 1.63. The van der Waals surface area contributed by atoms with Crippen molar-refractivity contribution in [2.24, 2.45) is 0 Å². The lowest BCUT2D eigenvalue weighted by Crippen LogP contribution is -2.14. The van der Waals surface area contributed by atoms with Gasteiger partial charge in [0.15, 0.2) is 5.78 Å². The molecule has 2 nitrogen and oxygen atoms in total. The highest BCUT2D eigenvalue weighted by Gasteiger charge is 2.19. The summed E-state index contributed by atoms with van der Waals surface area (Å²) in [6.45, 7) is 6.21. The molecule has 0 aromatic heterocycles. The summed E-state index contributed by atoms with van der Waals surface area (Å²) in [7, 11) is 1.59. The van der Waals surface area contributed by atoms with Crippen molar-refractivity contribution in [3.8, 4) is 5.75 Å². The summed E-state index contributed by atoms with van der Waals surface area (Å²) < 4.78 is 5.25. The van der Waals surface area contributed by atoms with Crippen molar-refractivity contribution in [1.29, 1.82) is 0 Å². The highest BCUT2D eigenvalue weighted by Crippen LogP contribution is 2.27. The standard InChI is InChI=1S/C14H19BrO2/c1-5-12(15)14(16)11-8-10(9(2)3)6-7-13(11)17-4/h6-9,12H,5H2,1-4H3. The predicted octanol–water partition coefficient (Wildman–Crippen LogP) is 4.17. The molecular weight excluding hydrogens is 280 g/mol. The van der Waals surface area contributed by atoms with E-state index in [-0.39, 0.29) is 10.6 Å². The number of hydrogen-bond acceptors (Lipinski definition) is 2. The van der Waals surface area contributed by atoms with Crippen molar-refractivity contribution >= 4 is 21.7 Å². The van der Waals surface area contributed by atoms with E-state index in [1.54, 1.807) is 7.11 Å². The first kappa shape index (κ1) is 14.2. The van der Waals surface area contributed by atoms with Gasteiger partial charge in [-0.1, -0.05) is 42.8 Å². The first-order valence-electron chi connectivity index (χ1n) is 5.87. The van der Waals surface area contributed by atoms with E-state index in [4.69, 9.17) is 4.74 Å². The van der Waals surface area contributed by atoms with Gasteiger partial charge >= 0.3 is 0 Å². The normalized spacial score (nSPS) is 12.6. The van der Waals surface area contributed by atoms with Crippen LogP contribution in [-0.2, 0) is 0 Å². The minimum Gasteiger partial charge on any atom is -0.496 e. The lowest BCUT2D eigenvalue weighted by molar-refractivity contribution is 0.0987. The lowest BCUT2D eigenvalue weighted by Gasteiger charge is -2.13. The van der Waals surface area contributed by atoms with Crippen molar-refractivity contribution in [3.63, 3.8) is 0 Å². The molecule has 94 valence electrons. The van der Waals surface area contributed by atoms with E-state index in [1.165, 1.54) is 0 Å². The van der Waals surface area contributed by atoms with Crippen molar-refractivity contribution in [2.75, 3.05) is 7.11 Å². The molecule has 0 aliphatic carbocycles. The number of Topliss-reactive ketones (excluding diaryl/α,β-unsaturated/α-hetero) is 1. The van der Waals surface area contributed by atoms with Crippen LogP contribution in [0.5, 0.6) is 5.75 Å². The first-order valence-corrected chi connectivity index (χ1v) is 6.79. The number of hydrogen-bond donors (Lipinski definition) is 0. The fourth-order valence-corrected chi connectivity index (χ4v) is 1.88. The number of carbonyl (C=O) groups is 1. The Balaban J connectivity index is 3.18. The van der Waals surface area contributed by atoms with Gasteiger partial charge in [-0.3, -0.25) is 4.79 Å². The molecule has 0 fully saturated rings. The maximum Gasteiger partial charge on any atom is 0.180 e. The van der Waals surface area contributed by atoms with Gasteiger partial charge in [0.25, 0.3) is 0 Å². The summed E-state index contributed by atoms with van der Waals surface area (Å²) in [5.74, 6) is 1.15. The van der Waals surface area contributed by atoms with Gasteiger partial charge < -0.3 is 4.74 Å². The highest BCUT2D eigenvalue weighted by atomic mass is 79.9. The van der Waals surface area contributed by atoms with Crippen molar-refractivity contribution in [2.45, 2.75) is 37.9 Å². The van der Waals surface area contributed by atoms with Gasteiger partial charge in [0.2, 0.25) is 0 Å². The summed E-state index contributed by atoms with van der Waals surface area (Å²) in [6.07, 6.45) is 0.772. The Morgan fingerprint density at radius 1 is 1.41 bits per heavy atom. The largest absolute Gasteiger partial charge is 0.496 e. The number of methoxy groups -OCH3 is 1. The Morgan fingerprint density at radius 2 is 2.06 bits per heavy atom. The zero-order chi connectivity index (χ0) is 13.0. The summed E-state index contributed by atoms with van der Waals surface area (Å²) in [5, 5.41) is 0. The van der Waals surface area contributed by atoms with Crippen LogP contribution in [0.15, 0.2) is 18.2 Å². The van der Waals surface area contributed by atoms with Gasteiger partial charge in [-0.05, 0) is 30.0 Å². The van der Waals surface area contributed by atoms with Crippen LogP contribution < -0.4 is 4.74 Å². The zero-order valence-corrected chi connectivity index (χ0v) is 12.4. The number of halogens is 1. The molecule has 1 atom stereocenters. The molecule has 17 heavy (non-hydrogen) atoms. The van der Waals surface area contributed by atoms with Gasteiger partial charge in [0.05, 0.1) is 17.5 Å². The number of benzene rings is 1. The minimum absolute atomic E-state index is 0.0897. The highest BCUT2D eigenvalue weighted by molar-refractivity contribution is 9.10. The molecule has 0 heterocycles. The molecule has 1 unspecified atom stereocenters. The van der Waals surface area contributed by atoms with Crippen LogP contribution in [0.3, 0.4) is 0 Å². The summed E-state index contributed by atoms with van der Waals surface area (Å²) in [6, 6.07) is 5.82. The predicted molar refractivity (Wildman–Crippen MR) is 74.4 cm³/mol. The monoisotopic (exact) mass is 298 g/mol. The third kappa shape index (κ3) is 3.32. The number of alkyl halides is 1. The van der Waals surface area contributed by atoms with Gasteiger partial charge in [0, 0.05) is 0 Å². The van der Waals surface area contributed by atoms with Gasteiger partial charge in [-0.25, -0.2) is 0 Å². The molecule has 0 radical (unpaired) electrons. The van der Waals surface area contributed by atoms with Crippen LogP contribution in [0.1, 0.15) is 49.0 Å². The zero-order valence-electron chi connectivity index (χ0n) is 10.8. The topological polar surface area (TPSA) is 26.3 Å². The van der Waals surface area contributed by atoms with Crippen LogP contribution in [0.2, 0.25) is 0 Å². The van der Waals surface area contributed by atoms with E-state index in [9.17, 15) is 4.79 Å². The lowest BCUT2D eigenvalue weighted by atomic mass is 9.97. The second kappa shape index (κ2) is 6.20. The van der Waals surface area contributed by atoms with Crippen LogP contribution in [0.4, 0.5) is 0 Å². The van der Waals surface area contributed by atoms with Crippen LogP contribution in [-0.4, -0.2) is 17.7 Å². The summed E-state index contributed by atoms with van der Waals surface area (Å²) in [4.78, 5) is 12.1. The van der Waals surface area contributed by atoms with E-state index in [0.717, 1.165) is 12.0 Å². The Labute approximate surface area is 111 Å². The maximum absolute atomic E-state index is 12.2. The minimum atomic E-state index is -0.140. The molecule has 1 aromatic carbocycles. The second-order valence-corrected chi connectivity index (χ2v) is 5.46. The number of ketones is 1. The summed E-state index contributed by atoms with van der Waals surface area (Å²) >= 11 is 3.40. The average molecular weight is 299 g/mol. The molecule has 0 amide bonds. The van der Waals surface area contributed by atoms with Crippen molar-refractivity contribution in [3.05, 3.63) is 29.3 Å². The number of rotatable bonds is 5. The Kier molecular flexibility index (Phi) is 5.19. The van der Waals surface area contributed by atoms with E-state index in [1.807, 2.05) is 25.1 Å². The van der Waals surface area contributed by atoms with Crippen LogP contribution >= 0.6 is 15.9 Å². The Morgan fingerprint density at radius 3 is 2.53 bits per heavy atom. The third-order valence-electron chi connectivity index (χ3n) is 2.80. The molecule has 0 bridgehead atoms. The van der Waals surface area contributed by atoms with E-state index < -0.39 is 0 Å². The van der Waals surface area contributed by atoms with Crippen LogP contribution in [0, 0.1) is 0 Å². The SMILES string of the molecule is CCC(Br)C(=O)c1cc(C(C)C)ccc1OC. The molecule has 0 N–H and O–H groups in total. The Bertz CT molecular complexity index is 399. The molecule has 1 rings (SSSR count). The van der Waals surface area contributed by atoms with E-state index in [2.05, 4.69) is 29.8 Å². The molecule has 0 spiro atoms. The molecule has 0 saturated heterocycles. The molecule has 1 aromatic rings. The van der Waals surface area contributed by atoms with Crippen LogP contribution in [0.25, 0.3) is 0 Å². The number of ether oxygens (including phenoxy) is 1. The second-order valence-electron chi connectivity index (χ2n) is 4.35. The van der Waals surface area contributed by atoms with Gasteiger partial charge in [-0.15, -0.1) is 0 Å². The summed E-state index contributed by atoms with van der Waals surface area (Å²) in [5.41, 5.74) is 1.83. The van der Waals surface area contributed by atoms with Crippen molar-refractivity contribution < 1.29 is 9.53 Å². The van der Waals surface area contributed by atoms with Gasteiger partial charge in [-0.2, -0.15) is 0 Å². The molecule has 0 saturated carbocycles. The number of carbonyl (C=O) groups excluding carboxylic acids is 1. The van der Waals surface area contributed by atoms with Crippen molar-refractivity contribution in [1.82, 2.24) is 0 Å². The average Bonchev–Trinajstić information content (AvgIpc) is 2.35. The van der Waals surface area contributed by atoms with Gasteiger partial charge in [0.1, 0.15) is 5.75 Å². The Hall–Kier alpha value is -0.830. The van der Waals surface area contributed by atoms with E-state index >= 15 is 0 Å². The fraction of sp³-hybridized carbons (Fsp3) is 0.500. The smallest absolute Gasteiger partial charge is 0.180 e. The maximum atomic E-state index is 12.2. The molecular formula is C14H19BrO2.